The molecule has 758 valence electrons. The van der Waals surface area contributed by atoms with Gasteiger partial charge in [0.2, 0.25) is 23.6 Å². The van der Waals surface area contributed by atoms with Gasteiger partial charge in [-0.1, -0.05) is 0 Å². The van der Waals surface area contributed by atoms with E-state index in [0.717, 1.165) is 27.7 Å². The van der Waals surface area contributed by atoms with Gasteiger partial charge in [0.25, 0.3) is 0 Å². The Morgan fingerprint density at radius 3 is 0.901 bits per heavy atom. The van der Waals surface area contributed by atoms with Gasteiger partial charge in [0.15, 0.2) is 69.2 Å². The standard InChI is InChI=1S/C73H122N4O54/c1-16-35(91)43(99)49(105)68(112-16)129-60-32(75-18(3)88)63(110)113-29(14-86)57(60)126-64-31(74-17(2)87)42(98)54(26(11-83)119-64)125-73-62(131-69-48(104)38(94)23(8-80)118-69)61(130-72-53(109)47(103)56(28(13-85)121-72)124-66-34(77-20(5)90)59(40(96)25(10-82)115-66)128-71-51(107)45(101)37(93)22(7-79)117-71)41(97)30(122-73)15-111-67-52(108)46(102)55(27(12-84)120-67)123-65-33(76-19(4)89)58(39(95)24(9-81)114-65)127-70-50(106)44(100)36(92)21(6-78)116-70/h16,21-73,78-86,91-110H,6-15H2,1-5H3,(H,74,87)(H,75,88)(H,76,89)(H,77,90)/t16-,21+,22+,23+,24+,25+,26+,27+,28+,29+,30+,31+,32+,33+,34+,35+,36-,37-,38-,39+,40+,41+,42+,43+,44-,45-,46+,47+,48+,49-,50+,51+,52-,53-,54+,55+,56+,57+,58+,59+,60+,61-,62-,63?,64-,65-,66-,67-,68-,69-,70-,71-,72+,73-/m0/s1. The van der Waals surface area contributed by atoms with E-state index in [9.17, 15) is 167 Å². The van der Waals surface area contributed by atoms with Gasteiger partial charge in [0, 0.05) is 27.7 Å². The number of aliphatic hydroxyl groups is 29. The fraction of sp³-hybridized carbons (Fsp3) is 0.945. The lowest BCUT2D eigenvalue weighted by Gasteiger charge is -2.52. The van der Waals surface area contributed by atoms with Gasteiger partial charge in [-0.25, -0.2) is 0 Å². The van der Waals surface area contributed by atoms with Crippen LogP contribution in [0.3, 0.4) is 0 Å². The van der Waals surface area contributed by atoms with Gasteiger partial charge >= 0.3 is 0 Å². The predicted octanol–water partition coefficient (Wildman–Crippen LogP) is -22.7. The molecule has 11 saturated heterocycles. The van der Waals surface area contributed by atoms with Crippen LogP contribution < -0.4 is 21.3 Å². The number of hydrogen-bond donors (Lipinski definition) is 33. The SMILES string of the molecule is CC(=O)N[C@H]1[C@H](O[C@H]2[C@H](O[C@@H]3O[C@@H](C)[C@@H](O)[C@@H](O)[C@@H]3O)[C@@H](NC(C)=O)C(O)O[C@@H]2CO)O[C@H](CO)[C@@H](O[C@@H]2O[C@H](CO[C@H]3O[C@H](CO)[C@@H](O[C@@H]4O[C@H](CO)[C@@H](O)[C@H](O[C@@H]5O[C@H](CO)[C@H](O)[C@H](O)[C@H]5O)[C@H]4NC(C)=O)[C@H](O)[C@@H]3O)[C@@H](O)[C@H](O[C@H]3O[C@H](CO)[C@@H](O[C@@H]4O[C@H](CO)[C@@H](O)[C@H](O[C@@H]5O[C@H](CO)[C@H](O)[C@H](O)[C@H]5O)[C@H]4NC(C)=O)[C@H](O)[C@@H]3O)[C@@H]2O[C@@H]2O[C@H](CO)[C@H](O)[C@H]2O)[C@@H]1O. The zero-order valence-corrected chi connectivity index (χ0v) is 70.4. The quantitative estimate of drug-likeness (QED) is 0.0284. The number of carbonyl (C=O) groups excluding carboxylic acids is 4. The lowest BCUT2D eigenvalue weighted by molar-refractivity contribution is -0.404. The van der Waals surface area contributed by atoms with Crippen molar-refractivity contribution in [2.24, 2.45) is 0 Å². The smallest absolute Gasteiger partial charge is 0.217 e. The van der Waals surface area contributed by atoms with E-state index >= 15 is 0 Å². The van der Waals surface area contributed by atoms with Crippen LogP contribution in [0.25, 0.3) is 0 Å². The van der Waals surface area contributed by atoms with Crippen LogP contribution in [0.2, 0.25) is 0 Å². The zero-order chi connectivity index (χ0) is 96.2. The number of carbonyl (C=O) groups is 4. The van der Waals surface area contributed by atoms with Gasteiger partial charge in [-0.3, -0.25) is 19.2 Å². The van der Waals surface area contributed by atoms with Crippen LogP contribution >= 0.6 is 0 Å². The van der Waals surface area contributed by atoms with E-state index in [1.54, 1.807) is 0 Å². The molecule has 11 aliphatic rings. The molecule has 131 heavy (non-hydrogen) atoms. The van der Waals surface area contributed by atoms with Crippen molar-refractivity contribution in [3.05, 3.63) is 0 Å². The van der Waals surface area contributed by atoms with Crippen LogP contribution in [0.15, 0.2) is 0 Å². The number of ether oxygens (including phenoxy) is 21. The molecular formula is C73H122N4O54. The molecule has 0 saturated carbocycles. The Labute approximate surface area is 741 Å². The third-order valence-corrected chi connectivity index (χ3v) is 24.2. The maximum atomic E-state index is 13.5. The van der Waals surface area contributed by atoms with Crippen molar-refractivity contribution < 1.29 is 267 Å². The Balaban J connectivity index is 0.936. The summed E-state index contributed by atoms with van der Waals surface area (Å²) in [5, 5.41) is 334. The van der Waals surface area contributed by atoms with E-state index in [1.165, 1.54) is 6.92 Å². The average Bonchev–Trinajstić information content (AvgIpc) is 1.69. The van der Waals surface area contributed by atoms with Crippen molar-refractivity contribution in [3.8, 4) is 0 Å². The number of hydrogen-bond acceptors (Lipinski definition) is 54. The number of amides is 4. The summed E-state index contributed by atoms with van der Waals surface area (Å²) in [5.41, 5.74) is 0. The molecule has 33 N–H and O–H groups in total. The van der Waals surface area contributed by atoms with Crippen molar-refractivity contribution in [1.82, 2.24) is 21.3 Å². The van der Waals surface area contributed by atoms with E-state index < -0.39 is 421 Å². The molecule has 4 amide bonds. The molecule has 58 heteroatoms. The molecule has 1 unspecified atom stereocenters. The monoisotopic (exact) mass is 1920 g/mol. The molecule has 0 aromatic rings. The summed E-state index contributed by atoms with van der Waals surface area (Å²) in [6.45, 7) is -6.44. The summed E-state index contributed by atoms with van der Waals surface area (Å²) >= 11 is 0. The third-order valence-electron chi connectivity index (χ3n) is 24.2. The molecule has 11 rings (SSSR count). The number of nitrogens with one attached hydrogen (secondary N) is 4. The van der Waals surface area contributed by atoms with Gasteiger partial charge in [0.05, 0.1) is 72.2 Å². The highest BCUT2D eigenvalue weighted by Gasteiger charge is 2.63. The largest absolute Gasteiger partial charge is 0.394 e. The normalized spacial score (nSPS) is 50.0. The zero-order valence-electron chi connectivity index (χ0n) is 70.4. The summed E-state index contributed by atoms with van der Waals surface area (Å²) in [6, 6.07) is -7.64. The van der Waals surface area contributed by atoms with E-state index in [2.05, 4.69) is 21.3 Å². The number of aliphatic hydroxyl groups excluding tert-OH is 29. The molecule has 54 atom stereocenters. The van der Waals surface area contributed by atoms with Gasteiger partial charge in [0.1, 0.15) is 256 Å². The van der Waals surface area contributed by atoms with E-state index in [4.69, 9.17) is 99.5 Å². The van der Waals surface area contributed by atoms with E-state index in [-0.39, 0.29) is 0 Å². The molecule has 0 bridgehead atoms. The predicted molar refractivity (Wildman–Crippen MR) is 401 cm³/mol. The molecule has 0 aromatic carbocycles. The number of rotatable bonds is 34. The minimum Gasteiger partial charge on any atom is -0.394 e. The van der Waals surface area contributed by atoms with Gasteiger partial charge in [-0.05, 0) is 6.92 Å². The topological polar surface area (TPSA) is 897 Å². The molecule has 58 nitrogen and oxygen atoms in total. The first-order valence-corrected chi connectivity index (χ1v) is 41.9. The Kier molecular flexibility index (Phi) is 38.3. The summed E-state index contributed by atoms with van der Waals surface area (Å²) in [5.74, 6) is -3.79. The van der Waals surface area contributed by atoms with Crippen molar-refractivity contribution in [3.63, 3.8) is 0 Å². The first kappa shape index (κ1) is 107. The molecule has 0 radical (unpaired) electrons. The molecule has 0 spiro atoms. The van der Waals surface area contributed by atoms with Crippen LogP contribution in [-0.2, 0) is 119 Å². The van der Waals surface area contributed by atoms with Crippen LogP contribution in [0, 0.1) is 0 Å². The fourth-order valence-electron chi connectivity index (χ4n) is 17.2. The summed E-state index contributed by atoms with van der Waals surface area (Å²) in [7, 11) is 0. The fourth-order valence-corrected chi connectivity index (χ4v) is 17.2. The Bertz CT molecular complexity index is 3570. The second-order valence-corrected chi connectivity index (χ2v) is 33.3. The van der Waals surface area contributed by atoms with Crippen molar-refractivity contribution in [1.29, 1.82) is 0 Å². The third kappa shape index (κ3) is 23.5. The molecule has 11 fully saturated rings. The summed E-state index contributed by atoms with van der Waals surface area (Å²) in [6.07, 6.45) is -105. The minimum atomic E-state index is -2.62. The van der Waals surface area contributed by atoms with E-state index in [0.29, 0.717) is 0 Å². The lowest BCUT2D eigenvalue weighted by atomic mass is 9.93. The highest BCUT2D eigenvalue weighted by molar-refractivity contribution is 5.74. The maximum Gasteiger partial charge on any atom is 0.217 e. The lowest BCUT2D eigenvalue weighted by Crippen LogP contribution is -2.71. The summed E-state index contributed by atoms with van der Waals surface area (Å²) < 4.78 is 126. The average molecular weight is 1920 g/mol. The van der Waals surface area contributed by atoms with Crippen LogP contribution in [0.4, 0.5) is 0 Å². The van der Waals surface area contributed by atoms with Crippen molar-refractivity contribution in [2.75, 3.05) is 66.1 Å². The van der Waals surface area contributed by atoms with Crippen molar-refractivity contribution >= 4 is 23.6 Å². The van der Waals surface area contributed by atoms with E-state index in [1.807, 2.05) is 0 Å². The highest BCUT2D eigenvalue weighted by atomic mass is 16.8. The molecule has 0 aliphatic carbocycles. The highest BCUT2D eigenvalue weighted by Crippen LogP contribution is 2.43. The first-order valence-electron chi connectivity index (χ1n) is 41.9. The van der Waals surface area contributed by atoms with Gasteiger partial charge < -0.3 is 269 Å². The molecular weight excluding hydrogens is 1800 g/mol. The maximum absolute atomic E-state index is 13.5. The van der Waals surface area contributed by atoms with Gasteiger partial charge in [-0.15, -0.1) is 0 Å². The Hall–Kier alpha value is -4.12. The van der Waals surface area contributed by atoms with Gasteiger partial charge in [-0.2, -0.15) is 0 Å². The summed E-state index contributed by atoms with van der Waals surface area (Å²) in [4.78, 5) is 52.2. The van der Waals surface area contributed by atoms with Crippen LogP contribution in [-0.4, -0.2) is 569 Å². The van der Waals surface area contributed by atoms with Crippen LogP contribution in [0.5, 0.6) is 0 Å². The first-order chi connectivity index (χ1) is 62.0. The van der Waals surface area contributed by atoms with Crippen LogP contribution in [0.1, 0.15) is 34.6 Å². The molecule has 11 aliphatic heterocycles. The Morgan fingerprint density at radius 2 is 0.473 bits per heavy atom. The van der Waals surface area contributed by atoms with Crippen molar-refractivity contribution in [2.45, 2.75) is 366 Å². The minimum absolute atomic E-state index is 0.881. The second-order valence-electron chi connectivity index (χ2n) is 33.3. The molecule has 11 heterocycles. The Morgan fingerprint density at radius 1 is 0.214 bits per heavy atom. The second kappa shape index (κ2) is 46.8. The molecule has 0 aromatic heterocycles.